The van der Waals surface area contributed by atoms with Crippen molar-refractivity contribution in [3.63, 3.8) is 0 Å². The molecule has 0 unspecified atom stereocenters. The zero-order valence-electron chi connectivity index (χ0n) is 10.2. The summed E-state index contributed by atoms with van der Waals surface area (Å²) in [7, 11) is -1.13. The van der Waals surface area contributed by atoms with Gasteiger partial charge in [-0.25, -0.2) is 4.79 Å². The molecule has 0 bridgehead atoms. The van der Waals surface area contributed by atoms with Gasteiger partial charge in [-0.3, -0.25) is 14.3 Å². The van der Waals surface area contributed by atoms with Crippen LogP contribution in [0.1, 0.15) is 0 Å². The third kappa shape index (κ3) is 4.89. The maximum absolute atomic E-state index is 11.4. The van der Waals surface area contributed by atoms with Gasteiger partial charge in [0.2, 0.25) is 0 Å². The van der Waals surface area contributed by atoms with Crippen molar-refractivity contribution in [1.82, 2.24) is 9.55 Å². The van der Waals surface area contributed by atoms with Crippen LogP contribution in [0.25, 0.3) is 0 Å². The number of aromatic amines is 1. The van der Waals surface area contributed by atoms with E-state index >= 15 is 0 Å². The highest BCUT2D eigenvalue weighted by Gasteiger charge is 2.12. The van der Waals surface area contributed by atoms with Crippen molar-refractivity contribution >= 4 is 19.7 Å². The van der Waals surface area contributed by atoms with E-state index in [4.69, 9.17) is 16.3 Å². The molecule has 5 nitrogen and oxygen atoms in total. The Balaban J connectivity index is 2.59. The van der Waals surface area contributed by atoms with Crippen LogP contribution in [0.2, 0.25) is 30.8 Å². The van der Waals surface area contributed by atoms with Crippen LogP contribution in [0.5, 0.6) is 0 Å². The third-order valence-corrected chi connectivity index (χ3v) is 4.22. The molecule has 0 amide bonds. The summed E-state index contributed by atoms with van der Waals surface area (Å²) in [6.07, 6.45) is 0. The van der Waals surface area contributed by atoms with E-state index in [9.17, 15) is 9.59 Å². The normalized spacial score (nSPS) is 11.8. The number of ether oxygens (including phenoxy) is 1. The largest absolute Gasteiger partial charge is 0.361 e. The average molecular weight is 277 g/mol. The van der Waals surface area contributed by atoms with Crippen molar-refractivity contribution < 1.29 is 4.74 Å². The van der Waals surface area contributed by atoms with Gasteiger partial charge in [0.05, 0.1) is 0 Å². The van der Waals surface area contributed by atoms with Gasteiger partial charge in [0.25, 0.3) is 5.56 Å². The second kappa shape index (κ2) is 5.66. The van der Waals surface area contributed by atoms with Gasteiger partial charge >= 0.3 is 5.69 Å². The van der Waals surface area contributed by atoms with Crippen LogP contribution in [0.4, 0.5) is 0 Å². The van der Waals surface area contributed by atoms with Crippen LogP contribution in [0.15, 0.2) is 15.7 Å². The molecule has 0 aliphatic rings. The standard InChI is InChI=1S/C10H17ClN2O3Si/c1-17(2,3)5-4-16-7-13-8(11)6-9(14)12-10(13)15/h6H,4-5,7H2,1-3H3,(H,12,14,15). The molecule has 1 heterocycles. The summed E-state index contributed by atoms with van der Waals surface area (Å²) in [5.41, 5.74) is -1.05. The first kappa shape index (κ1) is 14.2. The molecular weight excluding hydrogens is 260 g/mol. The van der Waals surface area contributed by atoms with E-state index in [1.807, 2.05) is 0 Å². The summed E-state index contributed by atoms with van der Waals surface area (Å²) in [6.45, 7) is 7.40. The monoisotopic (exact) mass is 276 g/mol. The number of nitrogens with one attached hydrogen (secondary N) is 1. The molecule has 0 atom stereocenters. The highest BCUT2D eigenvalue weighted by molar-refractivity contribution is 6.76. The number of hydrogen-bond acceptors (Lipinski definition) is 3. The zero-order chi connectivity index (χ0) is 13.1. The zero-order valence-corrected chi connectivity index (χ0v) is 12.0. The molecule has 17 heavy (non-hydrogen) atoms. The molecule has 0 fully saturated rings. The van der Waals surface area contributed by atoms with Crippen LogP contribution in [0, 0.1) is 0 Å². The van der Waals surface area contributed by atoms with Crippen LogP contribution < -0.4 is 11.2 Å². The Labute approximate surface area is 105 Å². The van der Waals surface area contributed by atoms with E-state index in [0.717, 1.165) is 12.1 Å². The lowest BCUT2D eigenvalue weighted by Crippen LogP contribution is -2.31. The first-order valence-corrected chi connectivity index (χ1v) is 9.45. The van der Waals surface area contributed by atoms with Gasteiger partial charge in [-0.1, -0.05) is 31.2 Å². The number of hydrogen-bond donors (Lipinski definition) is 1. The minimum atomic E-state index is -1.13. The van der Waals surface area contributed by atoms with Gasteiger partial charge in [-0.2, -0.15) is 0 Å². The summed E-state index contributed by atoms with van der Waals surface area (Å²) < 4.78 is 6.58. The molecule has 0 aromatic carbocycles. The lowest BCUT2D eigenvalue weighted by atomic mass is 10.6. The second-order valence-electron chi connectivity index (χ2n) is 5.04. The van der Waals surface area contributed by atoms with Gasteiger partial charge in [0, 0.05) is 20.7 Å². The van der Waals surface area contributed by atoms with Crippen molar-refractivity contribution in [2.24, 2.45) is 0 Å². The minimum Gasteiger partial charge on any atom is -0.361 e. The lowest BCUT2D eigenvalue weighted by Gasteiger charge is -2.15. The highest BCUT2D eigenvalue weighted by atomic mass is 35.5. The van der Waals surface area contributed by atoms with Gasteiger partial charge in [-0.15, -0.1) is 0 Å². The molecule has 1 aromatic rings. The Morgan fingerprint density at radius 1 is 1.41 bits per heavy atom. The Kier molecular flexibility index (Phi) is 4.73. The molecule has 0 aliphatic heterocycles. The molecule has 0 saturated heterocycles. The number of H-pyrrole nitrogens is 1. The third-order valence-electron chi connectivity index (χ3n) is 2.20. The van der Waals surface area contributed by atoms with E-state index in [0.29, 0.717) is 6.61 Å². The fraction of sp³-hybridized carbons (Fsp3) is 0.600. The van der Waals surface area contributed by atoms with E-state index in [2.05, 4.69) is 24.6 Å². The van der Waals surface area contributed by atoms with Crippen molar-refractivity contribution in [2.45, 2.75) is 32.4 Å². The molecule has 0 spiro atoms. The predicted octanol–water partition coefficient (Wildman–Crippen LogP) is 1.50. The summed E-state index contributed by atoms with van der Waals surface area (Å²) >= 11 is 5.78. The maximum Gasteiger partial charge on any atom is 0.331 e. The Morgan fingerprint density at radius 2 is 2.06 bits per heavy atom. The van der Waals surface area contributed by atoms with E-state index in [-0.39, 0.29) is 11.9 Å². The van der Waals surface area contributed by atoms with E-state index in [1.165, 1.54) is 4.57 Å². The van der Waals surface area contributed by atoms with Crippen molar-refractivity contribution in [2.75, 3.05) is 6.61 Å². The SMILES string of the molecule is C[Si](C)(C)CCOCn1c(Cl)cc(=O)[nH]c1=O. The van der Waals surface area contributed by atoms with Gasteiger partial charge in [-0.05, 0) is 6.04 Å². The van der Waals surface area contributed by atoms with Crippen molar-refractivity contribution in [3.05, 3.63) is 32.1 Å². The molecule has 0 radical (unpaired) electrons. The summed E-state index contributed by atoms with van der Waals surface area (Å²) in [4.78, 5) is 24.5. The van der Waals surface area contributed by atoms with Gasteiger partial charge < -0.3 is 4.74 Å². The summed E-state index contributed by atoms with van der Waals surface area (Å²) in [6, 6.07) is 2.17. The molecule has 1 aromatic heterocycles. The Bertz CT molecular complexity index is 490. The average Bonchev–Trinajstić information content (AvgIpc) is 2.13. The first-order chi connectivity index (χ1) is 7.79. The van der Waals surface area contributed by atoms with E-state index in [1.54, 1.807) is 0 Å². The fourth-order valence-electron chi connectivity index (χ4n) is 1.15. The fourth-order valence-corrected chi connectivity index (χ4v) is 2.13. The predicted molar refractivity (Wildman–Crippen MR) is 70.4 cm³/mol. The maximum atomic E-state index is 11.4. The van der Waals surface area contributed by atoms with Crippen molar-refractivity contribution in [3.8, 4) is 0 Å². The van der Waals surface area contributed by atoms with Crippen LogP contribution >= 0.6 is 11.6 Å². The molecule has 0 saturated carbocycles. The van der Waals surface area contributed by atoms with Crippen molar-refractivity contribution in [1.29, 1.82) is 0 Å². The molecule has 1 rings (SSSR count). The number of nitrogens with zero attached hydrogens (tertiary/aromatic N) is 1. The minimum absolute atomic E-state index is 0.0684. The van der Waals surface area contributed by atoms with E-state index < -0.39 is 19.3 Å². The second-order valence-corrected chi connectivity index (χ2v) is 11.0. The van der Waals surface area contributed by atoms with Crippen LogP contribution in [-0.2, 0) is 11.5 Å². The topological polar surface area (TPSA) is 64.1 Å². The van der Waals surface area contributed by atoms with Gasteiger partial charge in [0.1, 0.15) is 11.9 Å². The summed E-state index contributed by atoms with van der Waals surface area (Å²) in [5.74, 6) is 0. The molecular formula is C10H17ClN2O3Si. The van der Waals surface area contributed by atoms with Crippen LogP contribution in [-0.4, -0.2) is 24.2 Å². The number of rotatable bonds is 5. The first-order valence-electron chi connectivity index (χ1n) is 5.37. The summed E-state index contributed by atoms with van der Waals surface area (Å²) in [5, 5.41) is 0.0896. The highest BCUT2D eigenvalue weighted by Crippen LogP contribution is 2.08. The molecule has 7 heteroatoms. The Hall–Kier alpha value is -0.853. The molecule has 0 aliphatic carbocycles. The smallest absolute Gasteiger partial charge is 0.331 e. The molecule has 96 valence electrons. The Morgan fingerprint density at radius 3 is 2.59 bits per heavy atom. The van der Waals surface area contributed by atoms with Crippen LogP contribution in [0.3, 0.4) is 0 Å². The van der Waals surface area contributed by atoms with Gasteiger partial charge in [0.15, 0.2) is 0 Å². The quantitative estimate of drug-likeness (QED) is 0.504. The molecule has 1 N–H and O–H groups in total. The number of halogens is 1. The number of aromatic nitrogens is 2. The lowest BCUT2D eigenvalue weighted by molar-refractivity contribution is 0.0839.